The van der Waals surface area contributed by atoms with E-state index in [0.717, 1.165) is 5.69 Å². The molecule has 0 atom stereocenters. The molecule has 29 heavy (non-hydrogen) atoms. The normalized spacial score (nSPS) is 10.6. The number of hydrogen-bond acceptors (Lipinski definition) is 7. The Morgan fingerprint density at radius 3 is 2.76 bits per heavy atom. The Morgan fingerprint density at radius 1 is 1.10 bits per heavy atom. The van der Waals surface area contributed by atoms with Gasteiger partial charge in [0.1, 0.15) is 29.1 Å². The Kier molecular flexibility index (Phi) is 5.12. The minimum atomic E-state index is 0.492. The van der Waals surface area contributed by atoms with E-state index in [1.807, 2.05) is 18.2 Å². The molecule has 0 aliphatic heterocycles. The topological polar surface area (TPSA) is 117 Å². The molecule has 2 aromatic carbocycles. The summed E-state index contributed by atoms with van der Waals surface area (Å²) in [5.74, 6) is 1.70. The lowest BCUT2D eigenvalue weighted by atomic mass is 10.2. The van der Waals surface area contributed by atoms with Crippen LogP contribution in [0.4, 0.5) is 28.7 Å². The standard InChI is InChI=1S/C19H16ClN7O2/c1-29-15-6-5-13(8-14(15)23-10-28)25-19-16-17(21-9-22-18(16)26-27-19)24-12-4-2-3-11(20)7-12/h2-10H,1H3,(H,23,28)(H3,21,22,24,25,26,27). The van der Waals surface area contributed by atoms with E-state index >= 15 is 0 Å². The molecule has 2 heterocycles. The molecule has 9 nitrogen and oxygen atoms in total. The summed E-state index contributed by atoms with van der Waals surface area (Å²) < 4.78 is 5.24. The van der Waals surface area contributed by atoms with Gasteiger partial charge >= 0.3 is 0 Å². The van der Waals surface area contributed by atoms with Crippen LogP contribution in [0.5, 0.6) is 5.75 Å². The van der Waals surface area contributed by atoms with Crippen LogP contribution in [-0.2, 0) is 4.79 Å². The van der Waals surface area contributed by atoms with Gasteiger partial charge in [-0.05, 0) is 36.4 Å². The smallest absolute Gasteiger partial charge is 0.211 e. The maximum absolute atomic E-state index is 10.9. The summed E-state index contributed by atoms with van der Waals surface area (Å²) >= 11 is 6.07. The summed E-state index contributed by atoms with van der Waals surface area (Å²) in [4.78, 5) is 19.4. The maximum Gasteiger partial charge on any atom is 0.211 e. The number of carbonyl (C=O) groups is 1. The quantitative estimate of drug-likeness (QED) is 0.340. The third-order valence-electron chi connectivity index (χ3n) is 4.12. The molecule has 0 fully saturated rings. The minimum Gasteiger partial charge on any atom is -0.495 e. The molecule has 0 spiro atoms. The second-order valence-electron chi connectivity index (χ2n) is 5.96. The molecular weight excluding hydrogens is 394 g/mol. The molecule has 4 N–H and O–H groups in total. The monoisotopic (exact) mass is 409 g/mol. The maximum atomic E-state index is 10.9. The third kappa shape index (κ3) is 3.90. The van der Waals surface area contributed by atoms with Crippen molar-refractivity contribution in [2.45, 2.75) is 0 Å². The minimum absolute atomic E-state index is 0.492. The Labute approximate surface area is 170 Å². The summed E-state index contributed by atoms with van der Waals surface area (Å²) in [7, 11) is 1.53. The van der Waals surface area contributed by atoms with Crippen molar-refractivity contribution in [1.82, 2.24) is 20.2 Å². The van der Waals surface area contributed by atoms with E-state index in [1.165, 1.54) is 13.4 Å². The highest BCUT2D eigenvalue weighted by Crippen LogP contribution is 2.33. The van der Waals surface area contributed by atoms with Crippen LogP contribution in [0.25, 0.3) is 11.0 Å². The number of H-pyrrole nitrogens is 1. The Bertz CT molecular complexity index is 1180. The fourth-order valence-corrected chi connectivity index (χ4v) is 3.04. The third-order valence-corrected chi connectivity index (χ3v) is 4.36. The van der Waals surface area contributed by atoms with Crippen molar-refractivity contribution in [3.63, 3.8) is 0 Å². The molecule has 0 bridgehead atoms. The molecule has 0 saturated carbocycles. The van der Waals surface area contributed by atoms with Crippen molar-refractivity contribution in [3.8, 4) is 5.75 Å². The second kappa shape index (κ2) is 8.03. The highest BCUT2D eigenvalue weighted by Gasteiger charge is 2.14. The first-order valence-corrected chi connectivity index (χ1v) is 8.92. The van der Waals surface area contributed by atoms with Crippen molar-refractivity contribution >= 4 is 57.7 Å². The second-order valence-corrected chi connectivity index (χ2v) is 6.39. The van der Waals surface area contributed by atoms with Gasteiger partial charge in [0, 0.05) is 16.4 Å². The van der Waals surface area contributed by atoms with Gasteiger partial charge in [-0.2, -0.15) is 5.10 Å². The first-order chi connectivity index (χ1) is 14.2. The van der Waals surface area contributed by atoms with Crippen molar-refractivity contribution in [2.24, 2.45) is 0 Å². The lowest BCUT2D eigenvalue weighted by Crippen LogP contribution is -2.00. The van der Waals surface area contributed by atoms with Crippen LogP contribution in [0.1, 0.15) is 0 Å². The van der Waals surface area contributed by atoms with Crippen LogP contribution in [0.15, 0.2) is 48.8 Å². The number of carbonyl (C=O) groups excluding carboxylic acids is 1. The number of aromatic nitrogens is 4. The molecule has 1 amide bonds. The highest BCUT2D eigenvalue weighted by molar-refractivity contribution is 6.30. The van der Waals surface area contributed by atoms with Crippen LogP contribution in [0, 0.1) is 0 Å². The van der Waals surface area contributed by atoms with Gasteiger partial charge in [0.05, 0.1) is 12.8 Å². The predicted molar refractivity (Wildman–Crippen MR) is 112 cm³/mol. The van der Waals surface area contributed by atoms with E-state index in [9.17, 15) is 4.79 Å². The fraction of sp³-hybridized carbons (Fsp3) is 0.0526. The average Bonchev–Trinajstić information content (AvgIpc) is 3.12. The highest BCUT2D eigenvalue weighted by atomic mass is 35.5. The molecule has 10 heteroatoms. The molecule has 4 aromatic rings. The number of benzene rings is 2. The Morgan fingerprint density at radius 2 is 1.97 bits per heavy atom. The lowest BCUT2D eigenvalue weighted by Gasteiger charge is -2.12. The van der Waals surface area contributed by atoms with Crippen molar-refractivity contribution < 1.29 is 9.53 Å². The van der Waals surface area contributed by atoms with E-state index in [-0.39, 0.29) is 0 Å². The Hall–Kier alpha value is -3.85. The number of hydrogen-bond donors (Lipinski definition) is 4. The van der Waals surface area contributed by atoms with Crippen molar-refractivity contribution in [2.75, 3.05) is 23.1 Å². The van der Waals surface area contributed by atoms with E-state index in [0.29, 0.717) is 51.2 Å². The number of halogens is 1. The van der Waals surface area contributed by atoms with Gasteiger partial charge in [-0.15, -0.1) is 0 Å². The molecule has 0 aliphatic rings. The summed E-state index contributed by atoms with van der Waals surface area (Å²) in [5.41, 5.74) is 2.52. The summed E-state index contributed by atoms with van der Waals surface area (Å²) in [6.07, 6.45) is 2.02. The number of anilines is 5. The lowest BCUT2D eigenvalue weighted by molar-refractivity contribution is -0.105. The van der Waals surface area contributed by atoms with Crippen LogP contribution < -0.4 is 20.7 Å². The van der Waals surface area contributed by atoms with Crippen LogP contribution in [-0.4, -0.2) is 33.7 Å². The number of nitrogens with zero attached hydrogens (tertiary/aromatic N) is 3. The van der Waals surface area contributed by atoms with E-state index in [2.05, 4.69) is 36.1 Å². The van der Waals surface area contributed by atoms with Gasteiger partial charge in [0.2, 0.25) is 6.41 Å². The van der Waals surface area contributed by atoms with E-state index in [1.54, 1.807) is 24.3 Å². The van der Waals surface area contributed by atoms with E-state index in [4.69, 9.17) is 16.3 Å². The van der Waals surface area contributed by atoms with E-state index < -0.39 is 0 Å². The predicted octanol–water partition coefficient (Wildman–Crippen LogP) is 4.07. The van der Waals surface area contributed by atoms with Crippen LogP contribution in [0.2, 0.25) is 5.02 Å². The molecule has 0 aliphatic carbocycles. The first-order valence-electron chi connectivity index (χ1n) is 8.55. The van der Waals surface area contributed by atoms with Gasteiger partial charge < -0.3 is 20.7 Å². The molecule has 0 unspecified atom stereocenters. The van der Waals surface area contributed by atoms with Gasteiger partial charge in [-0.1, -0.05) is 17.7 Å². The fourth-order valence-electron chi connectivity index (χ4n) is 2.85. The van der Waals surface area contributed by atoms with Crippen molar-refractivity contribution in [3.05, 3.63) is 53.8 Å². The van der Waals surface area contributed by atoms with Gasteiger partial charge in [-0.3, -0.25) is 9.89 Å². The Balaban J connectivity index is 1.70. The molecule has 4 rings (SSSR count). The molecule has 146 valence electrons. The number of nitrogens with one attached hydrogen (secondary N) is 4. The first kappa shape index (κ1) is 18.5. The van der Waals surface area contributed by atoms with Gasteiger partial charge in [0.15, 0.2) is 5.65 Å². The summed E-state index contributed by atoms with van der Waals surface area (Å²) in [6, 6.07) is 12.6. The molecule has 0 saturated heterocycles. The number of methoxy groups -OCH3 is 1. The number of aromatic amines is 1. The molecule has 0 radical (unpaired) electrons. The molecular formula is C19H16ClN7O2. The van der Waals surface area contributed by atoms with Crippen molar-refractivity contribution in [1.29, 1.82) is 0 Å². The number of rotatable bonds is 7. The number of ether oxygens (including phenoxy) is 1. The van der Waals surface area contributed by atoms with Gasteiger partial charge in [-0.25, -0.2) is 9.97 Å². The zero-order valence-corrected chi connectivity index (χ0v) is 16.0. The molecule has 2 aromatic heterocycles. The van der Waals surface area contributed by atoms with Crippen LogP contribution in [0.3, 0.4) is 0 Å². The summed E-state index contributed by atoms with van der Waals surface area (Å²) in [5, 5.41) is 17.5. The zero-order chi connectivity index (χ0) is 20.2. The average molecular weight is 410 g/mol. The SMILES string of the molecule is COc1ccc(Nc2[nH]nc3ncnc(Nc4cccc(Cl)c4)c23)cc1NC=O. The number of amides is 1. The largest absolute Gasteiger partial charge is 0.495 e. The summed E-state index contributed by atoms with van der Waals surface area (Å²) in [6.45, 7) is 0. The van der Waals surface area contributed by atoms with Crippen LogP contribution >= 0.6 is 11.6 Å². The van der Waals surface area contributed by atoms with Gasteiger partial charge in [0.25, 0.3) is 0 Å². The number of fused-ring (bicyclic) bond motifs is 1. The zero-order valence-electron chi connectivity index (χ0n) is 15.2.